The Morgan fingerprint density at radius 3 is 0.861 bits per heavy atom. The predicted octanol–water partition coefficient (Wildman–Crippen LogP) is 4.51. The van der Waals surface area contributed by atoms with Gasteiger partial charge in [-0.2, -0.15) is 0 Å². The SMILES string of the molecule is c1ccc([Si](c2ccccc2)c2ccc(-c3ccc([Si](c4ccccc4)c4ccccc4)s3)s2)cc1. The molecule has 0 atom stereocenters. The Balaban J connectivity index is 1.37. The van der Waals surface area contributed by atoms with Crippen molar-refractivity contribution >= 4 is 70.0 Å². The Labute approximate surface area is 224 Å². The molecule has 2 aromatic heterocycles. The molecule has 6 rings (SSSR count). The molecule has 4 aromatic carbocycles. The zero-order valence-corrected chi connectivity index (χ0v) is 23.3. The number of rotatable bonds is 7. The molecule has 0 aliphatic carbocycles. The van der Waals surface area contributed by atoms with Gasteiger partial charge in [0.15, 0.2) is 17.6 Å². The summed E-state index contributed by atoms with van der Waals surface area (Å²) in [4.78, 5) is 2.75. The third-order valence-corrected chi connectivity index (χ3v) is 15.0. The maximum absolute atomic E-state index is 2.37. The minimum atomic E-state index is -1.03. The van der Waals surface area contributed by atoms with Gasteiger partial charge in [0, 0.05) is 9.75 Å². The molecule has 0 amide bonds. The normalized spacial score (nSPS) is 11.3. The van der Waals surface area contributed by atoms with Crippen LogP contribution in [0.15, 0.2) is 146 Å². The summed E-state index contributed by atoms with van der Waals surface area (Å²) >= 11 is 3.93. The average molecular weight is 529 g/mol. The highest BCUT2D eigenvalue weighted by Gasteiger charge is 2.24. The van der Waals surface area contributed by atoms with Crippen LogP contribution in [0.1, 0.15) is 0 Å². The summed E-state index contributed by atoms with van der Waals surface area (Å²) in [6.07, 6.45) is 0. The number of hydrogen-bond acceptors (Lipinski definition) is 2. The lowest BCUT2D eigenvalue weighted by molar-refractivity contribution is 1.73. The highest BCUT2D eigenvalue weighted by Crippen LogP contribution is 2.28. The van der Waals surface area contributed by atoms with Crippen LogP contribution in [0.3, 0.4) is 0 Å². The summed E-state index contributed by atoms with van der Waals surface area (Å²) in [5.41, 5.74) is 0. The fourth-order valence-electron chi connectivity index (χ4n) is 4.53. The monoisotopic (exact) mass is 528 g/mol. The lowest BCUT2D eigenvalue weighted by Gasteiger charge is -2.14. The third kappa shape index (κ3) is 4.86. The molecule has 0 N–H and O–H groups in total. The molecular weight excluding hydrogens is 505 g/mol. The van der Waals surface area contributed by atoms with E-state index in [-0.39, 0.29) is 0 Å². The van der Waals surface area contributed by atoms with E-state index in [1.54, 1.807) is 0 Å². The lowest BCUT2D eigenvalue weighted by atomic mass is 10.4. The molecule has 0 spiro atoms. The summed E-state index contributed by atoms with van der Waals surface area (Å²) in [7, 11) is -2.06. The van der Waals surface area contributed by atoms with Crippen molar-refractivity contribution in [1.82, 2.24) is 0 Å². The second kappa shape index (κ2) is 10.8. The van der Waals surface area contributed by atoms with E-state index in [9.17, 15) is 0 Å². The van der Waals surface area contributed by atoms with Crippen LogP contribution in [0.2, 0.25) is 0 Å². The van der Waals surface area contributed by atoms with Crippen molar-refractivity contribution in [3.05, 3.63) is 146 Å². The van der Waals surface area contributed by atoms with Gasteiger partial charge in [-0.15, -0.1) is 22.7 Å². The first kappa shape index (κ1) is 23.1. The molecular formula is C32H24S2Si2. The van der Waals surface area contributed by atoms with Gasteiger partial charge in [-0.3, -0.25) is 0 Å². The van der Waals surface area contributed by atoms with Crippen LogP contribution in [0.25, 0.3) is 9.75 Å². The summed E-state index contributed by atoms with van der Waals surface area (Å²) in [5, 5.41) is 5.75. The van der Waals surface area contributed by atoms with Crippen LogP contribution < -0.4 is 29.7 Å². The highest BCUT2D eigenvalue weighted by atomic mass is 32.1. The van der Waals surface area contributed by atoms with Crippen LogP contribution in [-0.4, -0.2) is 17.6 Å². The minimum absolute atomic E-state index is 1.03. The zero-order valence-electron chi connectivity index (χ0n) is 19.7. The number of thiophene rings is 2. The van der Waals surface area contributed by atoms with Gasteiger partial charge in [-0.05, 0) is 41.9 Å². The smallest absolute Gasteiger partial charge is 0.144 e. The summed E-state index contributed by atoms with van der Waals surface area (Å²) in [6, 6.07) is 53.5. The van der Waals surface area contributed by atoms with Crippen molar-refractivity contribution < 1.29 is 0 Å². The number of benzene rings is 4. The topological polar surface area (TPSA) is 0 Å². The Hall–Kier alpha value is -3.29. The van der Waals surface area contributed by atoms with Crippen molar-refractivity contribution in [3.63, 3.8) is 0 Å². The van der Waals surface area contributed by atoms with Crippen molar-refractivity contribution in [2.45, 2.75) is 0 Å². The van der Waals surface area contributed by atoms with Crippen LogP contribution in [0.5, 0.6) is 0 Å². The van der Waals surface area contributed by atoms with Crippen molar-refractivity contribution in [2.24, 2.45) is 0 Å². The minimum Gasteiger partial charge on any atom is -0.144 e. The third-order valence-electron chi connectivity index (χ3n) is 6.20. The average Bonchev–Trinajstić information content (AvgIpc) is 3.62. The van der Waals surface area contributed by atoms with Gasteiger partial charge in [0.05, 0.1) is 0 Å². The quantitative estimate of drug-likeness (QED) is 0.268. The first-order valence-corrected chi connectivity index (χ1v) is 16.7. The largest absolute Gasteiger partial charge is 0.168 e. The molecule has 0 saturated heterocycles. The van der Waals surface area contributed by atoms with Gasteiger partial charge in [0.2, 0.25) is 0 Å². The molecule has 0 unspecified atom stereocenters. The second-order valence-corrected chi connectivity index (χ2v) is 16.3. The standard InChI is InChI=1S/C32H24S2Si2/c1-5-13-25(14-6-1)35(26-15-7-2-8-16-26)31-23-21-29(33-31)30-22-24-32(34-30)36(27-17-9-3-10-18-27)28-19-11-4-12-20-28/h1-24H. The molecule has 36 heavy (non-hydrogen) atoms. The van der Waals surface area contributed by atoms with Crippen LogP contribution >= 0.6 is 22.7 Å². The molecule has 4 heteroatoms. The molecule has 0 fully saturated rings. The maximum atomic E-state index is 2.37. The molecule has 0 aliphatic heterocycles. The van der Waals surface area contributed by atoms with Gasteiger partial charge in [0.25, 0.3) is 0 Å². The Morgan fingerprint density at radius 2 is 0.583 bits per heavy atom. The second-order valence-electron chi connectivity index (χ2n) is 8.54. The van der Waals surface area contributed by atoms with Gasteiger partial charge in [-0.25, -0.2) is 0 Å². The fourth-order valence-corrected chi connectivity index (χ4v) is 13.4. The van der Waals surface area contributed by atoms with Gasteiger partial charge in [0.1, 0.15) is 0 Å². The zero-order chi connectivity index (χ0) is 24.2. The van der Waals surface area contributed by atoms with E-state index < -0.39 is 17.6 Å². The Morgan fingerprint density at radius 1 is 0.306 bits per heavy atom. The van der Waals surface area contributed by atoms with Gasteiger partial charge < -0.3 is 0 Å². The molecule has 0 aliphatic rings. The van der Waals surface area contributed by atoms with E-state index >= 15 is 0 Å². The Kier molecular flexibility index (Phi) is 6.92. The fraction of sp³-hybridized carbons (Fsp3) is 0. The summed E-state index contributed by atoms with van der Waals surface area (Å²) < 4.78 is 2.97. The van der Waals surface area contributed by atoms with E-state index in [2.05, 4.69) is 146 Å². The van der Waals surface area contributed by atoms with E-state index in [1.165, 1.54) is 39.5 Å². The van der Waals surface area contributed by atoms with E-state index in [1.807, 2.05) is 22.7 Å². The van der Waals surface area contributed by atoms with Crippen molar-refractivity contribution in [2.75, 3.05) is 0 Å². The van der Waals surface area contributed by atoms with Crippen molar-refractivity contribution in [3.8, 4) is 9.75 Å². The molecule has 172 valence electrons. The molecule has 0 saturated carbocycles. The van der Waals surface area contributed by atoms with E-state index in [4.69, 9.17) is 0 Å². The molecule has 0 bridgehead atoms. The maximum Gasteiger partial charge on any atom is 0.168 e. The van der Waals surface area contributed by atoms with Gasteiger partial charge in [-0.1, -0.05) is 133 Å². The molecule has 0 nitrogen and oxygen atoms in total. The number of hydrogen-bond donors (Lipinski definition) is 0. The molecule has 2 radical (unpaired) electrons. The molecule has 2 heterocycles. The van der Waals surface area contributed by atoms with Crippen LogP contribution in [0.4, 0.5) is 0 Å². The Bertz CT molecular complexity index is 1330. The van der Waals surface area contributed by atoms with Crippen LogP contribution in [-0.2, 0) is 0 Å². The predicted molar refractivity (Wildman–Crippen MR) is 163 cm³/mol. The summed E-state index contributed by atoms with van der Waals surface area (Å²) in [6.45, 7) is 0. The van der Waals surface area contributed by atoms with E-state index in [0.29, 0.717) is 0 Å². The first-order valence-electron chi connectivity index (χ1n) is 12.0. The van der Waals surface area contributed by atoms with E-state index in [0.717, 1.165) is 0 Å². The van der Waals surface area contributed by atoms with Gasteiger partial charge >= 0.3 is 0 Å². The van der Waals surface area contributed by atoms with Crippen LogP contribution in [0, 0.1) is 0 Å². The molecule has 6 aromatic rings. The lowest BCUT2D eigenvalue weighted by Crippen LogP contribution is -2.50. The summed E-state index contributed by atoms with van der Waals surface area (Å²) in [5.74, 6) is 0. The van der Waals surface area contributed by atoms with Crippen molar-refractivity contribution in [1.29, 1.82) is 0 Å². The highest BCUT2D eigenvalue weighted by molar-refractivity contribution is 7.34. The first-order chi connectivity index (χ1) is 17.9.